The molecule has 0 saturated heterocycles. The van der Waals surface area contributed by atoms with Crippen molar-refractivity contribution in [3.63, 3.8) is 0 Å². The summed E-state index contributed by atoms with van der Waals surface area (Å²) >= 11 is 0. The van der Waals surface area contributed by atoms with Gasteiger partial charge in [0.05, 0.1) is 12.1 Å². The van der Waals surface area contributed by atoms with Crippen molar-refractivity contribution in [2.24, 2.45) is 0 Å². The molecule has 4 rings (SSSR count). The van der Waals surface area contributed by atoms with E-state index in [1.54, 1.807) is 11.1 Å². The Morgan fingerprint density at radius 2 is 1.44 bits per heavy atom. The molecular formula is C15H17N. The lowest BCUT2D eigenvalue weighted by Crippen LogP contribution is -2.30. The summed E-state index contributed by atoms with van der Waals surface area (Å²) in [5, 5.41) is 0. The molecule has 1 aromatic carbocycles. The number of rotatable bonds is 1. The first-order chi connectivity index (χ1) is 7.95. The minimum Gasteiger partial charge on any atom is -0.279 e. The zero-order chi connectivity index (χ0) is 10.5. The van der Waals surface area contributed by atoms with Crippen LogP contribution < -0.4 is 0 Å². The largest absolute Gasteiger partial charge is 0.279 e. The highest BCUT2D eigenvalue weighted by atomic mass is 15.2. The first kappa shape index (κ1) is 9.00. The molecule has 2 aliphatic heterocycles. The maximum atomic E-state index is 2.75. The van der Waals surface area contributed by atoms with Crippen LogP contribution in [0.5, 0.6) is 0 Å². The van der Waals surface area contributed by atoms with Crippen LogP contribution >= 0.6 is 0 Å². The highest BCUT2D eigenvalue weighted by Gasteiger charge is 2.43. The molecule has 0 amide bonds. The van der Waals surface area contributed by atoms with Crippen LogP contribution in [0.2, 0.25) is 0 Å². The zero-order valence-corrected chi connectivity index (χ0v) is 9.47. The molecule has 82 valence electrons. The fourth-order valence-electron chi connectivity index (χ4n) is 3.82. The van der Waals surface area contributed by atoms with Gasteiger partial charge in [-0.1, -0.05) is 49.3 Å². The second-order valence-corrected chi connectivity index (χ2v) is 5.29. The first-order valence-corrected chi connectivity index (χ1v) is 6.50. The van der Waals surface area contributed by atoms with Crippen molar-refractivity contribution in [1.29, 1.82) is 0 Å². The van der Waals surface area contributed by atoms with E-state index in [9.17, 15) is 0 Å². The van der Waals surface area contributed by atoms with E-state index < -0.39 is 0 Å². The summed E-state index contributed by atoms with van der Waals surface area (Å²) in [7, 11) is 0. The summed E-state index contributed by atoms with van der Waals surface area (Å²) in [4.78, 5) is 2.75. The van der Waals surface area contributed by atoms with Crippen LogP contribution in [0.15, 0.2) is 36.4 Å². The first-order valence-electron chi connectivity index (χ1n) is 6.50. The van der Waals surface area contributed by atoms with Crippen LogP contribution in [0.4, 0.5) is 0 Å². The van der Waals surface area contributed by atoms with Crippen LogP contribution in [-0.4, -0.2) is 10.9 Å². The molecule has 0 N–H and O–H groups in total. The standard InChI is InChI=1S/C15H17N/c1-2-6-11(5-1)16-14-9-10-15(16)13-8-4-3-7-12(13)14/h3-4,7-11,14-15H,1-2,5-6H2. The van der Waals surface area contributed by atoms with Crippen molar-refractivity contribution in [2.75, 3.05) is 0 Å². The molecule has 2 atom stereocenters. The third-order valence-electron chi connectivity index (χ3n) is 4.50. The van der Waals surface area contributed by atoms with Gasteiger partial charge in [0.1, 0.15) is 0 Å². The molecule has 16 heavy (non-hydrogen) atoms. The van der Waals surface area contributed by atoms with E-state index in [4.69, 9.17) is 0 Å². The lowest BCUT2D eigenvalue weighted by atomic mass is 9.97. The summed E-state index contributed by atoms with van der Waals surface area (Å²) in [5.41, 5.74) is 3.11. The van der Waals surface area contributed by atoms with Gasteiger partial charge in [0.15, 0.2) is 0 Å². The minimum absolute atomic E-state index is 0.587. The highest BCUT2D eigenvalue weighted by molar-refractivity contribution is 5.46. The molecule has 1 aliphatic carbocycles. The van der Waals surface area contributed by atoms with E-state index in [-0.39, 0.29) is 0 Å². The van der Waals surface area contributed by atoms with Crippen LogP contribution in [0, 0.1) is 0 Å². The van der Waals surface area contributed by atoms with Gasteiger partial charge >= 0.3 is 0 Å². The van der Waals surface area contributed by atoms with Gasteiger partial charge < -0.3 is 0 Å². The Kier molecular flexibility index (Phi) is 1.80. The second kappa shape index (κ2) is 3.21. The molecule has 1 fully saturated rings. The van der Waals surface area contributed by atoms with E-state index in [0.29, 0.717) is 12.1 Å². The Bertz CT molecular complexity index is 410. The predicted octanol–water partition coefficient (Wildman–Crippen LogP) is 3.60. The Labute approximate surface area is 96.8 Å². The van der Waals surface area contributed by atoms with E-state index in [1.165, 1.54) is 25.7 Å². The van der Waals surface area contributed by atoms with Crippen molar-refractivity contribution < 1.29 is 0 Å². The van der Waals surface area contributed by atoms with Crippen molar-refractivity contribution in [3.05, 3.63) is 47.5 Å². The Morgan fingerprint density at radius 3 is 2.00 bits per heavy atom. The number of hydrogen-bond acceptors (Lipinski definition) is 1. The fourth-order valence-corrected chi connectivity index (χ4v) is 3.82. The highest BCUT2D eigenvalue weighted by Crippen LogP contribution is 2.51. The molecule has 1 saturated carbocycles. The number of benzene rings is 1. The van der Waals surface area contributed by atoms with Crippen molar-refractivity contribution >= 4 is 0 Å². The fraction of sp³-hybridized carbons (Fsp3) is 0.467. The molecule has 0 radical (unpaired) electrons. The molecule has 1 aromatic rings. The van der Waals surface area contributed by atoms with Gasteiger partial charge in [-0.3, -0.25) is 4.90 Å². The average Bonchev–Trinajstić information content (AvgIpc) is 3.03. The van der Waals surface area contributed by atoms with E-state index in [0.717, 1.165) is 6.04 Å². The monoisotopic (exact) mass is 211 g/mol. The molecule has 2 heterocycles. The maximum Gasteiger partial charge on any atom is 0.0547 e. The van der Waals surface area contributed by atoms with Crippen LogP contribution in [0.1, 0.15) is 48.9 Å². The average molecular weight is 211 g/mol. The summed E-state index contributed by atoms with van der Waals surface area (Å²) in [6, 6.07) is 11.0. The Balaban J connectivity index is 1.75. The summed E-state index contributed by atoms with van der Waals surface area (Å²) in [6.45, 7) is 0. The number of fused-ring (bicyclic) bond motifs is 5. The molecule has 0 spiro atoms. The smallest absolute Gasteiger partial charge is 0.0547 e. The van der Waals surface area contributed by atoms with E-state index in [2.05, 4.69) is 41.3 Å². The molecule has 2 unspecified atom stereocenters. The third kappa shape index (κ3) is 1.04. The summed E-state index contributed by atoms with van der Waals surface area (Å²) in [6.07, 6.45) is 10.5. The number of nitrogens with zero attached hydrogens (tertiary/aromatic N) is 1. The zero-order valence-electron chi connectivity index (χ0n) is 9.47. The Morgan fingerprint density at radius 1 is 0.875 bits per heavy atom. The quantitative estimate of drug-likeness (QED) is 0.641. The van der Waals surface area contributed by atoms with Crippen LogP contribution in [0.25, 0.3) is 0 Å². The lowest BCUT2D eigenvalue weighted by molar-refractivity contribution is 0.166. The molecule has 2 bridgehead atoms. The van der Waals surface area contributed by atoms with Crippen LogP contribution in [-0.2, 0) is 0 Å². The maximum absolute atomic E-state index is 2.75. The number of hydrogen-bond donors (Lipinski definition) is 0. The molecule has 1 nitrogen and oxygen atoms in total. The van der Waals surface area contributed by atoms with Crippen LogP contribution in [0.3, 0.4) is 0 Å². The van der Waals surface area contributed by atoms with E-state index in [1.807, 2.05) is 0 Å². The van der Waals surface area contributed by atoms with Crippen molar-refractivity contribution in [3.8, 4) is 0 Å². The molecule has 3 aliphatic rings. The van der Waals surface area contributed by atoms with Gasteiger partial charge in [0.2, 0.25) is 0 Å². The SMILES string of the molecule is C1=CC2c3ccccc3C1N2C1CCCC1. The topological polar surface area (TPSA) is 3.24 Å². The van der Waals surface area contributed by atoms with Gasteiger partial charge in [-0.15, -0.1) is 0 Å². The van der Waals surface area contributed by atoms with Gasteiger partial charge in [-0.25, -0.2) is 0 Å². The normalized spacial score (nSPS) is 32.5. The molecule has 0 aromatic heterocycles. The van der Waals surface area contributed by atoms with Crippen molar-refractivity contribution in [2.45, 2.75) is 43.8 Å². The summed E-state index contributed by atoms with van der Waals surface area (Å²) < 4.78 is 0. The Hall–Kier alpha value is -1.08. The van der Waals surface area contributed by atoms with Gasteiger partial charge in [0.25, 0.3) is 0 Å². The minimum atomic E-state index is 0.587. The van der Waals surface area contributed by atoms with E-state index >= 15 is 0 Å². The van der Waals surface area contributed by atoms with Crippen molar-refractivity contribution in [1.82, 2.24) is 4.90 Å². The van der Waals surface area contributed by atoms with Gasteiger partial charge in [0, 0.05) is 6.04 Å². The second-order valence-electron chi connectivity index (χ2n) is 5.29. The predicted molar refractivity (Wildman–Crippen MR) is 65.2 cm³/mol. The molecule has 1 heteroatoms. The third-order valence-corrected chi connectivity index (χ3v) is 4.50. The van der Waals surface area contributed by atoms with Gasteiger partial charge in [-0.05, 0) is 24.0 Å². The lowest BCUT2D eigenvalue weighted by Gasteiger charge is -2.29. The van der Waals surface area contributed by atoms with Gasteiger partial charge in [-0.2, -0.15) is 0 Å². The summed E-state index contributed by atoms with van der Waals surface area (Å²) in [5.74, 6) is 0. The molecular weight excluding hydrogens is 194 g/mol.